The summed E-state index contributed by atoms with van der Waals surface area (Å²) in [6, 6.07) is 11.5. The van der Waals surface area contributed by atoms with Gasteiger partial charge in [-0.25, -0.2) is 4.98 Å². The molecule has 0 aliphatic carbocycles. The minimum absolute atomic E-state index is 0.0317. The second kappa shape index (κ2) is 9.36. The van der Waals surface area contributed by atoms with Gasteiger partial charge in [-0.3, -0.25) is 14.4 Å². The molecule has 1 aromatic carbocycles. The Morgan fingerprint density at radius 1 is 1.09 bits per heavy atom. The van der Waals surface area contributed by atoms with E-state index in [0.717, 1.165) is 18.4 Å². The molecule has 2 unspecified atom stereocenters. The molecule has 8 heteroatoms. The first-order valence-corrected chi connectivity index (χ1v) is 10.9. The lowest BCUT2D eigenvalue weighted by Crippen LogP contribution is -2.43. The van der Waals surface area contributed by atoms with Gasteiger partial charge in [0.2, 0.25) is 11.7 Å². The Morgan fingerprint density at radius 3 is 2.36 bits per heavy atom. The summed E-state index contributed by atoms with van der Waals surface area (Å²) >= 11 is 0. The molecule has 1 aliphatic rings. The highest BCUT2D eigenvalue weighted by molar-refractivity contribution is 6.49. The van der Waals surface area contributed by atoms with Crippen LogP contribution in [0.5, 0.6) is 5.88 Å². The summed E-state index contributed by atoms with van der Waals surface area (Å²) in [5.41, 5.74) is 2.34. The van der Waals surface area contributed by atoms with Crippen molar-refractivity contribution in [2.45, 2.75) is 32.7 Å². The van der Waals surface area contributed by atoms with Gasteiger partial charge in [0.05, 0.1) is 13.2 Å². The molecule has 8 nitrogen and oxygen atoms in total. The molecule has 1 aliphatic heterocycles. The molecule has 0 N–H and O–H groups in total. The van der Waals surface area contributed by atoms with E-state index < -0.39 is 29.4 Å². The number of Topliss-reactive ketones (excluding diaryl/α,β-unsaturated/α-hetero) is 2. The molecule has 4 rings (SSSR count). The molecular formula is C25H25N3O5. The summed E-state index contributed by atoms with van der Waals surface area (Å²) in [5.74, 6) is -2.51. The van der Waals surface area contributed by atoms with Crippen molar-refractivity contribution in [3.05, 3.63) is 60.5 Å². The van der Waals surface area contributed by atoms with Crippen LogP contribution in [0.3, 0.4) is 0 Å². The molecule has 0 radical (unpaired) electrons. The summed E-state index contributed by atoms with van der Waals surface area (Å²) in [5, 5.41) is 3.92. The number of anilines is 1. The van der Waals surface area contributed by atoms with Crippen LogP contribution in [0.25, 0.3) is 11.3 Å². The third-order valence-electron chi connectivity index (χ3n) is 6.27. The van der Waals surface area contributed by atoms with Crippen LogP contribution < -0.4 is 9.64 Å². The largest absolute Gasteiger partial charge is 0.481 e. The zero-order valence-electron chi connectivity index (χ0n) is 18.7. The Morgan fingerprint density at radius 2 is 1.82 bits per heavy atom. The predicted molar refractivity (Wildman–Crippen MR) is 121 cm³/mol. The average Bonchev–Trinajstić information content (AvgIpc) is 3.47. The van der Waals surface area contributed by atoms with E-state index in [9.17, 15) is 14.4 Å². The van der Waals surface area contributed by atoms with E-state index in [1.165, 1.54) is 24.5 Å². The lowest BCUT2D eigenvalue weighted by Gasteiger charge is -2.32. The SMILES string of the molecule is CCC(CC)C1C(C(=O)c2ccc(OC)nc2)C(=O)C(=O)N1c1ccc(-c2ccon2)cc1. The fourth-order valence-corrected chi connectivity index (χ4v) is 4.49. The highest BCUT2D eigenvalue weighted by atomic mass is 16.5. The number of amides is 1. The summed E-state index contributed by atoms with van der Waals surface area (Å²) in [6.07, 6.45) is 4.32. The fourth-order valence-electron chi connectivity index (χ4n) is 4.49. The first-order valence-electron chi connectivity index (χ1n) is 10.9. The van der Waals surface area contributed by atoms with Crippen LogP contribution in [0.15, 0.2) is 59.4 Å². The van der Waals surface area contributed by atoms with E-state index in [2.05, 4.69) is 10.1 Å². The number of ketones is 2. The maximum atomic E-state index is 13.4. The Kier molecular flexibility index (Phi) is 6.35. The molecular weight excluding hydrogens is 422 g/mol. The number of nitrogens with zero attached hydrogens (tertiary/aromatic N) is 3. The van der Waals surface area contributed by atoms with Gasteiger partial charge in [0.15, 0.2) is 5.78 Å². The second-order valence-electron chi connectivity index (χ2n) is 7.97. The number of hydrogen-bond donors (Lipinski definition) is 0. The smallest absolute Gasteiger partial charge is 0.295 e. The summed E-state index contributed by atoms with van der Waals surface area (Å²) < 4.78 is 9.95. The minimum Gasteiger partial charge on any atom is -0.481 e. The number of rotatable bonds is 8. The van der Waals surface area contributed by atoms with Gasteiger partial charge in [-0.15, -0.1) is 0 Å². The molecule has 0 bridgehead atoms. The molecule has 3 heterocycles. The van der Waals surface area contributed by atoms with Crippen molar-refractivity contribution in [3.8, 4) is 17.1 Å². The molecule has 33 heavy (non-hydrogen) atoms. The van der Waals surface area contributed by atoms with E-state index in [0.29, 0.717) is 17.3 Å². The van der Waals surface area contributed by atoms with E-state index in [4.69, 9.17) is 9.26 Å². The van der Waals surface area contributed by atoms with Crippen molar-refractivity contribution < 1.29 is 23.6 Å². The number of benzene rings is 1. The Balaban J connectivity index is 1.72. The van der Waals surface area contributed by atoms with E-state index in [1.54, 1.807) is 30.3 Å². The number of carbonyl (C=O) groups is 3. The zero-order chi connectivity index (χ0) is 23.5. The van der Waals surface area contributed by atoms with E-state index in [1.807, 2.05) is 26.0 Å². The topological polar surface area (TPSA) is 103 Å². The van der Waals surface area contributed by atoms with Gasteiger partial charge in [0.25, 0.3) is 5.91 Å². The van der Waals surface area contributed by atoms with Crippen LogP contribution in [-0.4, -0.2) is 40.8 Å². The third kappa shape index (κ3) is 4.04. The van der Waals surface area contributed by atoms with Gasteiger partial charge in [-0.2, -0.15) is 0 Å². The first-order chi connectivity index (χ1) is 16.0. The van der Waals surface area contributed by atoms with Crippen molar-refractivity contribution in [1.29, 1.82) is 0 Å². The monoisotopic (exact) mass is 447 g/mol. The maximum Gasteiger partial charge on any atom is 0.295 e. The predicted octanol–water partition coefficient (Wildman–Crippen LogP) is 3.96. The Hall–Kier alpha value is -3.81. The van der Waals surface area contributed by atoms with Crippen LogP contribution >= 0.6 is 0 Å². The summed E-state index contributed by atoms with van der Waals surface area (Å²) in [4.78, 5) is 45.3. The molecule has 1 fully saturated rings. The van der Waals surface area contributed by atoms with Gasteiger partial charge in [0, 0.05) is 35.1 Å². The number of hydrogen-bond acceptors (Lipinski definition) is 7. The first kappa shape index (κ1) is 22.4. The second-order valence-corrected chi connectivity index (χ2v) is 7.97. The highest BCUT2D eigenvalue weighted by Gasteiger charge is 2.53. The van der Waals surface area contributed by atoms with Gasteiger partial charge >= 0.3 is 0 Å². The molecule has 0 saturated carbocycles. The maximum absolute atomic E-state index is 13.4. The number of ether oxygens (including phenoxy) is 1. The van der Waals surface area contributed by atoms with Gasteiger partial charge in [-0.1, -0.05) is 44.0 Å². The van der Waals surface area contributed by atoms with E-state index in [-0.39, 0.29) is 11.5 Å². The standard InChI is InChI=1S/C25H25N3O5/c1-4-15(5-2)22-21(23(29)17-8-11-20(32-3)26-14-17)24(30)25(31)28(22)18-9-6-16(7-10-18)19-12-13-33-27-19/h6-15,21-22H,4-5H2,1-3H3. The van der Waals surface area contributed by atoms with Crippen molar-refractivity contribution in [3.63, 3.8) is 0 Å². The zero-order valence-corrected chi connectivity index (χ0v) is 18.7. The molecule has 2 atom stereocenters. The molecule has 170 valence electrons. The quantitative estimate of drug-likeness (QED) is 0.292. The normalized spacial score (nSPS) is 18.2. The van der Waals surface area contributed by atoms with Crippen LogP contribution in [0.2, 0.25) is 0 Å². The van der Waals surface area contributed by atoms with Crippen molar-refractivity contribution >= 4 is 23.2 Å². The molecule has 1 saturated heterocycles. The number of carbonyl (C=O) groups excluding carboxylic acids is 3. The van der Waals surface area contributed by atoms with Crippen LogP contribution in [0.1, 0.15) is 37.0 Å². The van der Waals surface area contributed by atoms with Crippen molar-refractivity contribution in [1.82, 2.24) is 10.1 Å². The number of methoxy groups -OCH3 is 1. The Labute approximate surface area is 191 Å². The fraction of sp³-hybridized carbons (Fsp3) is 0.320. The van der Waals surface area contributed by atoms with Crippen molar-refractivity contribution in [2.24, 2.45) is 11.8 Å². The number of aromatic nitrogens is 2. The van der Waals surface area contributed by atoms with Gasteiger partial charge in [-0.05, 0) is 24.1 Å². The van der Waals surface area contributed by atoms with Crippen LogP contribution in [-0.2, 0) is 9.59 Å². The number of pyridine rings is 1. The average molecular weight is 447 g/mol. The van der Waals surface area contributed by atoms with E-state index >= 15 is 0 Å². The molecule has 0 spiro atoms. The third-order valence-corrected chi connectivity index (χ3v) is 6.27. The van der Waals surface area contributed by atoms with Crippen LogP contribution in [0, 0.1) is 11.8 Å². The molecule has 3 aromatic rings. The lowest BCUT2D eigenvalue weighted by atomic mass is 9.81. The summed E-state index contributed by atoms with van der Waals surface area (Å²) in [6.45, 7) is 4.01. The lowest BCUT2D eigenvalue weighted by molar-refractivity contribution is -0.135. The van der Waals surface area contributed by atoms with Gasteiger partial charge in [0.1, 0.15) is 17.9 Å². The van der Waals surface area contributed by atoms with Crippen LogP contribution in [0.4, 0.5) is 5.69 Å². The summed E-state index contributed by atoms with van der Waals surface area (Å²) in [7, 11) is 1.48. The molecule has 2 aromatic heterocycles. The van der Waals surface area contributed by atoms with Gasteiger partial charge < -0.3 is 14.2 Å². The van der Waals surface area contributed by atoms with Crippen molar-refractivity contribution in [2.75, 3.05) is 12.0 Å². The molecule has 1 amide bonds. The highest BCUT2D eigenvalue weighted by Crippen LogP contribution is 2.38. The Bertz CT molecular complexity index is 1140. The minimum atomic E-state index is -1.09.